The van der Waals surface area contributed by atoms with E-state index < -0.39 is 0 Å². The molecule has 1 amide bonds. The molecule has 2 aliphatic rings. The molecule has 4 rings (SSSR count). The highest BCUT2D eigenvalue weighted by atomic mass is 16.5. The van der Waals surface area contributed by atoms with Gasteiger partial charge in [0.15, 0.2) is 5.82 Å². The van der Waals surface area contributed by atoms with Gasteiger partial charge < -0.3 is 15.0 Å². The van der Waals surface area contributed by atoms with E-state index in [1.54, 1.807) is 31.0 Å². The molecule has 2 aromatic heterocycles. The van der Waals surface area contributed by atoms with Crippen LogP contribution in [0.25, 0.3) is 0 Å². The molecule has 4 heterocycles. The van der Waals surface area contributed by atoms with Crippen LogP contribution in [-0.4, -0.2) is 57.0 Å². The van der Waals surface area contributed by atoms with Crippen molar-refractivity contribution >= 4 is 17.5 Å². The van der Waals surface area contributed by atoms with E-state index in [0.717, 1.165) is 51.1 Å². The predicted octanol–water partition coefficient (Wildman–Crippen LogP) is 2.14. The van der Waals surface area contributed by atoms with Gasteiger partial charge in [0.1, 0.15) is 5.82 Å². The van der Waals surface area contributed by atoms with Gasteiger partial charge >= 0.3 is 0 Å². The summed E-state index contributed by atoms with van der Waals surface area (Å²) in [7, 11) is 0. The van der Waals surface area contributed by atoms with Crippen LogP contribution in [0, 0.1) is 5.92 Å². The molecule has 0 spiro atoms. The van der Waals surface area contributed by atoms with Crippen molar-refractivity contribution in [2.75, 3.05) is 31.6 Å². The number of amides is 1. The van der Waals surface area contributed by atoms with Gasteiger partial charge in [-0.15, -0.1) is 0 Å². The minimum atomic E-state index is 0.0284. The molecule has 1 unspecified atom stereocenters. The topological polar surface area (TPSA) is 93.1 Å². The lowest BCUT2D eigenvalue weighted by molar-refractivity contribution is -0.140. The Labute approximate surface area is 158 Å². The van der Waals surface area contributed by atoms with E-state index in [4.69, 9.17) is 4.74 Å². The van der Waals surface area contributed by atoms with Crippen LogP contribution in [0.1, 0.15) is 37.3 Å². The quantitative estimate of drug-likeness (QED) is 0.884. The van der Waals surface area contributed by atoms with Crippen LogP contribution in [0.4, 0.5) is 11.6 Å². The molecular formula is C19H24N6O2. The van der Waals surface area contributed by atoms with Gasteiger partial charge in [0.2, 0.25) is 5.91 Å². The van der Waals surface area contributed by atoms with E-state index in [2.05, 4.69) is 25.3 Å². The number of rotatable bonds is 4. The third kappa shape index (κ3) is 4.21. The predicted molar refractivity (Wildman–Crippen MR) is 99.4 cm³/mol. The molecule has 2 aliphatic heterocycles. The molecule has 1 atom stereocenters. The second kappa shape index (κ2) is 8.39. The Hall–Kier alpha value is -2.61. The molecule has 27 heavy (non-hydrogen) atoms. The first-order valence-corrected chi connectivity index (χ1v) is 9.52. The number of aromatic nitrogens is 4. The van der Waals surface area contributed by atoms with E-state index in [1.165, 1.54) is 0 Å². The van der Waals surface area contributed by atoms with Gasteiger partial charge in [-0.05, 0) is 25.7 Å². The minimum Gasteiger partial charge on any atom is -0.381 e. The molecule has 8 nitrogen and oxygen atoms in total. The lowest BCUT2D eigenvalue weighted by Gasteiger charge is -2.35. The number of anilines is 2. The maximum Gasteiger partial charge on any atom is 0.228 e. The van der Waals surface area contributed by atoms with Crippen LogP contribution in [0.15, 0.2) is 31.0 Å². The van der Waals surface area contributed by atoms with Gasteiger partial charge in [0.05, 0.1) is 24.4 Å². The first kappa shape index (κ1) is 17.8. The molecule has 0 radical (unpaired) electrons. The molecule has 2 fully saturated rings. The van der Waals surface area contributed by atoms with Crippen molar-refractivity contribution in [3.63, 3.8) is 0 Å². The van der Waals surface area contributed by atoms with E-state index in [0.29, 0.717) is 18.2 Å². The Morgan fingerprint density at radius 3 is 2.63 bits per heavy atom. The Kier molecular flexibility index (Phi) is 5.53. The highest BCUT2D eigenvalue weighted by Crippen LogP contribution is 2.32. The van der Waals surface area contributed by atoms with Crippen molar-refractivity contribution < 1.29 is 9.53 Å². The van der Waals surface area contributed by atoms with E-state index >= 15 is 0 Å². The summed E-state index contributed by atoms with van der Waals surface area (Å²) in [6, 6.07) is 0. The van der Waals surface area contributed by atoms with Crippen molar-refractivity contribution in [2.45, 2.75) is 31.6 Å². The van der Waals surface area contributed by atoms with Crippen molar-refractivity contribution in [1.29, 1.82) is 0 Å². The number of nitrogens with zero attached hydrogens (tertiary/aromatic N) is 5. The first-order chi connectivity index (χ1) is 13.3. The third-order valence-electron chi connectivity index (χ3n) is 5.24. The number of hydrogen-bond acceptors (Lipinski definition) is 7. The second-order valence-electron chi connectivity index (χ2n) is 7.02. The Morgan fingerprint density at radius 2 is 1.89 bits per heavy atom. The zero-order valence-corrected chi connectivity index (χ0v) is 15.3. The summed E-state index contributed by atoms with van der Waals surface area (Å²) in [6.07, 6.45) is 12.0. The fourth-order valence-electron chi connectivity index (χ4n) is 3.80. The summed E-state index contributed by atoms with van der Waals surface area (Å²) < 4.78 is 5.47. The number of ether oxygens (including phenoxy) is 1. The SMILES string of the molecule is O=C(C1CCCOC1)N1CCC(c2nccnc2Nc2cnccn2)CC1. The molecule has 2 aromatic rings. The molecular weight excluding hydrogens is 344 g/mol. The normalized spacial score (nSPS) is 21.0. The van der Waals surface area contributed by atoms with Crippen molar-refractivity contribution in [3.05, 3.63) is 36.7 Å². The summed E-state index contributed by atoms with van der Waals surface area (Å²) in [4.78, 5) is 32.0. The Balaban J connectivity index is 1.40. The molecule has 0 bridgehead atoms. The monoisotopic (exact) mass is 368 g/mol. The largest absolute Gasteiger partial charge is 0.381 e. The molecule has 1 N–H and O–H groups in total. The maximum absolute atomic E-state index is 12.7. The van der Waals surface area contributed by atoms with E-state index in [1.807, 2.05) is 4.90 Å². The summed E-state index contributed by atoms with van der Waals surface area (Å²) >= 11 is 0. The fraction of sp³-hybridized carbons (Fsp3) is 0.526. The van der Waals surface area contributed by atoms with Crippen molar-refractivity contribution in [2.24, 2.45) is 5.92 Å². The van der Waals surface area contributed by atoms with Crippen molar-refractivity contribution in [1.82, 2.24) is 24.8 Å². The highest BCUT2D eigenvalue weighted by molar-refractivity contribution is 5.79. The van der Waals surface area contributed by atoms with Crippen LogP contribution in [0.3, 0.4) is 0 Å². The number of likely N-dealkylation sites (tertiary alicyclic amines) is 1. The average Bonchev–Trinajstić information content (AvgIpc) is 2.75. The van der Waals surface area contributed by atoms with Gasteiger partial charge in [0.25, 0.3) is 0 Å². The Morgan fingerprint density at radius 1 is 1.07 bits per heavy atom. The molecule has 8 heteroatoms. The molecule has 0 aliphatic carbocycles. The number of carbonyl (C=O) groups is 1. The van der Waals surface area contributed by atoms with Gasteiger partial charge in [-0.3, -0.25) is 14.8 Å². The molecule has 2 saturated heterocycles. The van der Waals surface area contributed by atoms with E-state index in [9.17, 15) is 4.79 Å². The van der Waals surface area contributed by atoms with Crippen molar-refractivity contribution in [3.8, 4) is 0 Å². The van der Waals surface area contributed by atoms with Crippen LogP contribution in [-0.2, 0) is 9.53 Å². The van der Waals surface area contributed by atoms with Gasteiger partial charge in [-0.25, -0.2) is 9.97 Å². The van der Waals surface area contributed by atoms with Crippen LogP contribution in [0.5, 0.6) is 0 Å². The molecule has 0 aromatic carbocycles. The van der Waals surface area contributed by atoms with Crippen LogP contribution in [0.2, 0.25) is 0 Å². The number of carbonyl (C=O) groups excluding carboxylic acids is 1. The molecule has 0 saturated carbocycles. The summed E-state index contributed by atoms with van der Waals surface area (Å²) in [6.45, 7) is 2.84. The second-order valence-corrected chi connectivity index (χ2v) is 7.02. The van der Waals surface area contributed by atoms with Gasteiger partial charge in [0, 0.05) is 50.4 Å². The smallest absolute Gasteiger partial charge is 0.228 e. The zero-order chi connectivity index (χ0) is 18.5. The number of hydrogen-bond donors (Lipinski definition) is 1. The molecule has 142 valence electrons. The average molecular weight is 368 g/mol. The third-order valence-corrected chi connectivity index (χ3v) is 5.24. The lowest BCUT2D eigenvalue weighted by Crippen LogP contribution is -2.43. The minimum absolute atomic E-state index is 0.0284. The van der Waals surface area contributed by atoms with Crippen LogP contribution < -0.4 is 5.32 Å². The lowest BCUT2D eigenvalue weighted by atomic mass is 9.91. The summed E-state index contributed by atoms with van der Waals surface area (Å²) in [5.41, 5.74) is 0.927. The number of nitrogens with one attached hydrogen (secondary N) is 1. The maximum atomic E-state index is 12.7. The van der Waals surface area contributed by atoms with E-state index in [-0.39, 0.29) is 17.7 Å². The Bertz CT molecular complexity index is 758. The number of piperidine rings is 1. The van der Waals surface area contributed by atoms with Gasteiger partial charge in [-0.2, -0.15) is 0 Å². The first-order valence-electron chi connectivity index (χ1n) is 9.52. The standard InChI is InChI=1S/C19H24N6O2/c26-19(15-2-1-11-27-13-15)25-9-3-14(4-10-25)17-18(23-8-7-22-17)24-16-12-20-5-6-21-16/h5-8,12,14-15H,1-4,9-11,13H2,(H,21,23,24). The summed E-state index contributed by atoms with van der Waals surface area (Å²) in [5.74, 6) is 1.89. The fourth-order valence-corrected chi connectivity index (χ4v) is 3.80. The van der Waals surface area contributed by atoms with Gasteiger partial charge in [-0.1, -0.05) is 0 Å². The zero-order valence-electron chi connectivity index (χ0n) is 15.3. The summed E-state index contributed by atoms with van der Waals surface area (Å²) in [5, 5.41) is 3.21. The highest BCUT2D eigenvalue weighted by Gasteiger charge is 2.31. The van der Waals surface area contributed by atoms with Crippen LogP contribution >= 0.6 is 0 Å².